The maximum atomic E-state index is 12.9. The van der Waals surface area contributed by atoms with E-state index < -0.39 is 0 Å². The van der Waals surface area contributed by atoms with Crippen LogP contribution in [0.15, 0.2) is 65.7 Å². The van der Waals surface area contributed by atoms with Gasteiger partial charge < -0.3 is 9.72 Å². The molecule has 158 valence electrons. The number of hydrogen-bond acceptors (Lipinski definition) is 4. The monoisotopic (exact) mass is 415 g/mol. The van der Waals surface area contributed by atoms with Crippen molar-refractivity contribution in [3.8, 4) is 0 Å². The molecule has 0 fully saturated rings. The Bertz CT molecular complexity index is 1310. The summed E-state index contributed by atoms with van der Waals surface area (Å²) in [6.07, 6.45) is 5.43. The van der Waals surface area contributed by atoms with Crippen molar-refractivity contribution in [3.63, 3.8) is 0 Å². The molecule has 0 aliphatic carbocycles. The summed E-state index contributed by atoms with van der Waals surface area (Å²) in [6, 6.07) is 15.9. The van der Waals surface area contributed by atoms with Crippen molar-refractivity contribution in [2.45, 2.75) is 25.9 Å². The first-order valence-electron chi connectivity index (χ1n) is 10.7. The van der Waals surface area contributed by atoms with Crippen LogP contribution in [0.25, 0.3) is 16.7 Å². The topological polar surface area (TPSA) is 71.6 Å². The quantitative estimate of drug-likeness (QED) is 0.490. The van der Waals surface area contributed by atoms with Gasteiger partial charge in [-0.15, -0.1) is 0 Å². The van der Waals surface area contributed by atoms with Crippen LogP contribution < -0.4 is 10.9 Å². The van der Waals surface area contributed by atoms with Gasteiger partial charge in [-0.3, -0.25) is 19.1 Å². The van der Waals surface area contributed by atoms with Crippen LogP contribution >= 0.6 is 0 Å². The fourth-order valence-corrected chi connectivity index (χ4v) is 4.41. The summed E-state index contributed by atoms with van der Waals surface area (Å²) in [7, 11) is 0. The van der Waals surface area contributed by atoms with Gasteiger partial charge >= 0.3 is 0 Å². The van der Waals surface area contributed by atoms with Crippen LogP contribution in [0.5, 0.6) is 0 Å². The summed E-state index contributed by atoms with van der Waals surface area (Å²) >= 11 is 0. The number of benzene rings is 1. The molecular weight excluding hydrogens is 390 g/mol. The third-order valence-electron chi connectivity index (χ3n) is 5.98. The van der Waals surface area contributed by atoms with Crippen molar-refractivity contribution in [2.24, 2.45) is 0 Å². The molecule has 5 rings (SSSR count). The van der Waals surface area contributed by atoms with Gasteiger partial charge in [0.2, 0.25) is 5.91 Å². The molecule has 31 heavy (non-hydrogen) atoms. The van der Waals surface area contributed by atoms with Gasteiger partial charge in [0.1, 0.15) is 12.1 Å². The smallest absolute Gasteiger partial charge is 0.276 e. The third kappa shape index (κ3) is 3.84. The molecule has 0 atom stereocenters. The Balaban J connectivity index is 1.20. The highest BCUT2D eigenvalue weighted by atomic mass is 16.2. The Morgan fingerprint density at radius 2 is 1.87 bits per heavy atom. The van der Waals surface area contributed by atoms with Gasteiger partial charge in [-0.2, -0.15) is 0 Å². The summed E-state index contributed by atoms with van der Waals surface area (Å²) in [5.74, 6) is -0.172. The second-order valence-corrected chi connectivity index (χ2v) is 8.00. The number of nitrogens with zero attached hydrogens (tertiary/aromatic N) is 4. The number of aromatic nitrogens is 3. The molecule has 0 spiro atoms. The molecule has 4 aromatic rings. The molecule has 7 heteroatoms. The molecule has 4 heterocycles. The van der Waals surface area contributed by atoms with E-state index in [2.05, 4.69) is 39.5 Å². The maximum Gasteiger partial charge on any atom is 0.276 e. The second-order valence-electron chi connectivity index (χ2n) is 8.00. The molecule has 0 bridgehead atoms. The van der Waals surface area contributed by atoms with Crippen LogP contribution in [0.4, 0.5) is 0 Å². The molecule has 0 saturated heterocycles. The first-order valence-corrected chi connectivity index (χ1v) is 10.7. The predicted molar refractivity (Wildman–Crippen MR) is 120 cm³/mol. The van der Waals surface area contributed by atoms with Crippen molar-refractivity contribution in [1.82, 2.24) is 24.2 Å². The Hall–Kier alpha value is -3.45. The highest BCUT2D eigenvalue weighted by Gasteiger charge is 2.16. The number of pyridine rings is 1. The molecule has 0 unspecified atom stereocenters. The minimum atomic E-state index is -0.210. The van der Waals surface area contributed by atoms with E-state index in [1.165, 1.54) is 15.7 Å². The molecule has 7 nitrogen and oxygen atoms in total. The van der Waals surface area contributed by atoms with Crippen LogP contribution in [0.3, 0.4) is 0 Å². The van der Waals surface area contributed by atoms with Crippen molar-refractivity contribution in [1.29, 1.82) is 0 Å². The zero-order chi connectivity index (χ0) is 21.2. The van der Waals surface area contributed by atoms with E-state index in [-0.39, 0.29) is 18.0 Å². The van der Waals surface area contributed by atoms with Gasteiger partial charge in [-0.1, -0.05) is 24.3 Å². The van der Waals surface area contributed by atoms with Crippen molar-refractivity contribution in [3.05, 3.63) is 82.4 Å². The Labute approximate surface area is 179 Å². The van der Waals surface area contributed by atoms with Crippen molar-refractivity contribution >= 4 is 22.6 Å². The maximum absolute atomic E-state index is 12.9. The minimum absolute atomic E-state index is 0.0366. The average molecular weight is 415 g/mol. The molecule has 3 aromatic heterocycles. The van der Waals surface area contributed by atoms with E-state index in [4.69, 9.17) is 0 Å². The zero-order valence-corrected chi connectivity index (χ0v) is 17.3. The van der Waals surface area contributed by atoms with Crippen LogP contribution in [-0.4, -0.2) is 44.4 Å². The number of carbonyl (C=O) groups excluding carboxylic acids is 1. The lowest BCUT2D eigenvalue weighted by Crippen LogP contribution is -2.36. The van der Waals surface area contributed by atoms with Gasteiger partial charge in [0.05, 0.1) is 5.52 Å². The fraction of sp³-hybridized carbons (Fsp3) is 0.292. The fourth-order valence-electron chi connectivity index (χ4n) is 4.41. The summed E-state index contributed by atoms with van der Waals surface area (Å²) in [5, 5.41) is 2.96. The molecule has 1 aliphatic rings. The predicted octanol–water partition coefficient (Wildman–Crippen LogP) is 2.21. The molecule has 0 saturated carbocycles. The lowest BCUT2D eigenvalue weighted by Gasteiger charge is -2.28. The van der Waals surface area contributed by atoms with Crippen molar-refractivity contribution < 1.29 is 4.79 Å². The first kappa shape index (κ1) is 19.5. The van der Waals surface area contributed by atoms with E-state index >= 15 is 0 Å². The minimum Gasteiger partial charge on any atom is -0.354 e. The molecule has 0 radical (unpaired) electrons. The Kier molecular flexibility index (Phi) is 5.26. The van der Waals surface area contributed by atoms with E-state index in [1.807, 2.05) is 28.8 Å². The van der Waals surface area contributed by atoms with Crippen LogP contribution in [-0.2, 0) is 24.3 Å². The van der Waals surface area contributed by atoms with Crippen LogP contribution in [0.2, 0.25) is 0 Å². The van der Waals surface area contributed by atoms with Gasteiger partial charge in [-0.05, 0) is 48.2 Å². The van der Waals surface area contributed by atoms with Gasteiger partial charge in [0, 0.05) is 38.6 Å². The Morgan fingerprint density at radius 3 is 2.77 bits per heavy atom. The van der Waals surface area contributed by atoms with Gasteiger partial charge in [0.25, 0.3) is 5.56 Å². The molecule has 1 amide bonds. The average Bonchev–Trinajstić information content (AvgIpc) is 3.30. The van der Waals surface area contributed by atoms with E-state index in [0.29, 0.717) is 17.7 Å². The van der Waals surface area contributed by atoms with Gasteiger partial charge in [0.15, 0.2) is 5.65 Å². The number of carbonyl (C=O) groups is 1. The lowest BCUT2D eigenvalue weighted by atomic mass is 10.00. The summed E-state index contributed by atoms with van der Waals surface area (Å²) < 4.78 is 3.28. The SMILES string of the molecule is O=C(Cn1c(=O)c2cccn2c2cccnc21)NCCCN1CCc2ccccc2C1. The molecule has 1 N–H and O–H groups in total. The standard InChI is InChI=1S/C24H25N5O2/c30-22(25-12-5-13-27-15-10-18-6-1-2-7-19(18)16-27)17-29-23-20(8-3-11-26-23)28-14-4-9-21(28)24(29)31/h1-4,6-9,11,14H,5,10,12-13,15-17H2,(H,25,30). The van der Waals surface area contributed by atoms with Crippen LogP contribution in [0.1, 0.15) is 17.5 Å². The molecular formula is C24H25N5O2. The molecule has 1 aliphatic heterocycles. The summed E-state index contributed by atoms with van der Waals surface area (Å²) in [4.78, 5) is 32.3. The lowest BCUT2D eigenvalue weighted by molar-refractivity contribution is -0.121. The van der Waals surface area contributed by atoms with E-state index in [0.717, 1.165) is 38.0 Å². The van der Waals surface area contributed by atoms with Crippen molar-refractivity contribution in [2.75, 3.05) is 19.6 Å². The largest absolute Gasteiger partial charge is 0.354 e. The highest BCUT2D eigenvalue weighted by molar-refractivity contribution is 5.80. The van der Waals surface area contributed by atoms with Gasteiger partial charge in [-0.25, -0.2) is 4.98 Å². The first-order chi connectivity index (χ1) is 15.2. The second kappa shape index (κ2) is 8.35. The van der Waals surface area contributed by atoms with E-state index in [9.17, 15) is 9.59 Å². The third-order valence-corrected chi connectivity index (χ3v) is 5.98. The molecule has 1 aromatic carbocycles. The normalized spacial score (nSPS) is 14.1. The Morgan fingerprint density at radius 1 is 1.03 bits per heavy atom. The summed E-state index contributed by atoms with van der Waals surface area (Å²) in [5.41, 5.74) is 4.49. The number of amides is 1. The summed E-state index contributed by atoms with van der Waals surface area (Å²) in [6.45, 7) is 3.51. The van der Waals surface area contributed by atoms with E-state index in [1.54, 1.807) is 12.3 Å². The number of rotatable bonds is 6. The number of fused-ring (bicyclic) bond motifs is 4. The highest BCUT2D eigenvalue weighted by Crippen LogP contribution is 2.18. The number of nitrogens with one attached hydrogen (secondary N) is 1. The van der Waals surface area contributed by atoms with Crippen LogP contribution in [0, 0.1) is 0 Å². The number of hydrogen-bond donors (Lipinski definition) is 1. The zero-order valence-electron chi connectivity index (χ0n) is 17.3.